The zero-order valence-corrected chi connectivity index (χ0v) is 12.9. The summed E-state index contributed by atoms with van der Waals surface area (Å²) in [4.78, 5) is 17.0. The van der Waals surface area contributed by atoms with Crippen molar-refractivity contribution < 1.29 is 4.79 Å². The van der Waals surface area contributed by atoms with Gasteiger partial charge in [0, 0.05) is 45.3 Å². The van der Waals surface area contributed by atoms with Gasteiger partial charge in [0.05, 0.1) is 5.92 Å². The molecule has 4 nitrogen and oxygen atoms in total. The van der Waals surface area contributed by atoms with Gasteiger partial charge in [-0.3, -0.25) is 9.69 Å². The summed E-state index contributed by atoms with van der Waals surface area (Å²) in [5.41, 5.74) is 0. The Hall–Kier alpha value is -0.320. The molecule has 0 spiro atoms. The molecule has 2 aliphatic heterocycles. The highest BCUT2D eigenvalue weighted by Gasteiger charge is 2.43. The highest BCUT2D eigenvalue weighted by Crippen LogP contribution is 2.46. The summed E-state index contributed by atoms with van der Waals surface area (Å²) in [6.45, 7) is 5.93. The van der Waals surface area contributed by atoms with Gasteiger partial charge in [0.15, 0.2) is 0 Å². The van der Waals surface area contributed by atoms with Crippen molar-refractivity contribution in [2.75, 3.05) is 39.3 Å². The first-order valence-corrected chi connectivity index (χ1v) is 8.05. The lowest BCUT2D eigenvalue weighted by Gasteiger charge is -2.42. The lowest BCUT2D eigenvalue weighted by Crippen LogP contribution is -2.58. The lowest BCUT2D eigenvalue weighted by atomic mass is 9.93. The van der Waals surface area contributed by atoms with Crippen molar-refractivity contribution >= 4 is 18.3 Å². The molecule has 4 fully saturated rings. The van der Waals surface area contributed by atoms with E-state index < -0.39 is 0 Å². The molecule has 4 aliphatic rings. The SMILES string of the molecule is Cl.O=C(C1CNC1)N1CCN(C2CC3CCC2C3)CC1. The van der Waals surface area contributed by atoms with E-state index in [1.165, 1.54) is 25.7 Å². The van der Waals surface area contributed by atoms with Gasteiger partial charge in [-0.2, -0.15) is 0 Å². The first-order chi connectivity index (χ1) is 9.31. The van der Waals surface area contributed by atoms with Crippen molar-refractivity contribution in [3.8, 4) is 0 Å². The summed E-state index contributed by atoms with van der Waals surface area (Å²) in [5, 5.41) is 3.20. The largest absolute Gasteiger partial charge is 0.340 e. The summed E-state index contributed by atoms with van der Waals surface area (Å²) in [7, 11) is 0. The third kappa shape index (κ3) is 2.46. The molecule has 2 heterocycles. The Kier molecular flexibility index (Phi) is 4.25. The molecule has 2 bridgehead atoms. The van der Waals surface area contributed by atoms with Crippen LogP contribution in [0.4, 0.5) is 0 Å². The van der Waals surface area contributed by atoms with Crippen LogP contribution in [0.15, 0.2) is 0 Å². The van der Waals surface area contributed by atoms with Gasteiger partial charge in [0.1, 0.15) is 0 Å². The van der Waals surface area contributed by atoms with Crippen molar-refractivity contribution in [2.45, 2.75) is 31.7 Å². The molecule has 1 amide bonds. The summed E-state index contributed by atoms with van der Waals surface area (Å²) in [6, 6.07) is 0.848. The molecule has 5 heteroatoms. The van der Waals surface area contributed by atoms with Crippen LogP contribution in [-0.2, 0) is 4.79 Å². The third-order valence-corrected chi connectivity index (χ3v) is 5.93. The molecule has 2 aliphatic carbocycles. The molecular weight excluding hydrogens is 274 g/mol. The van der Waals surface area contributed by atoms with Crippen molar-refractivity contribution in [3.05, 3.63) is 0 Å². The Labute approximate surface area is 127 Å². The van der Waals surface area contributed by atoms with Gasteiger partial charge in [-0.1, -0.05) is 6.42 Å². The molecule has 1 N–H and O–H groups in total. The van der Waals surface area contributed by atoms with Crippen molar-refractivity contribution in [3.63, 3.8) is 0 Å². The number of piperazine rings is 1. The van der Waals surface area contributed by atoms with E-state index >= 15 is 0 Å². The number of halogens is 1. The molecule has 4 rings (SSSR count). The minimum absolute atomic E-state index is 0. The normalized spacial score (nSPS) is 37.6. The van der Waals surface area contributed by atoms with Crippen LogP contribution in [0.5, 0.6) is 0 Å². The molecule has 0 aromatic carbocycles. The topological polar surface area (TPSA) is 35.6 Å². The molecule has 2 saturated heterocycles. The average molecular weight is 300 g/mol. The van der Waals surface area contributed by atoms with Crippen molar-refractivity contribution in [1.82, 2.24) is 15.1 Å². The fourth-order valence-corrected chi connectivity index (χ4v) is 4.65. The Morgan fingerprint density at radius 2 is 1.75 bits per heavy atom. The zero-order valence-electron chi connectivity index (χ0n) is 12.1. The molecule has 0 aromatic heterocycles. The number of nitrogens with zero attached hydrogens (tertiary/aromatic N) is 2. The van der Waals surface area contributed by atoms with Crippen LogP contribution < -0.4 is 5.32 Å². The molecule has 3 atom stereocenters. The number of hydrogen-bond acceptors (Lipinski definition) is 3. The standard InChI is InChI=1S/C15H25N3O.ClH/c19-15(13-9-16-10-13)18-5-3-17(4-6-18)14-8-11-1-2-12(14)7-11;/h11-14,16H,1-10H2;1H. The van der Waals surface area contributed by atoms with Gasteiger partial charge in [-0.25, -0.2) is 0 Å². The van der Waals surface area contributed by atoms with E-state index in [0.29, 0.717) is 5.91 Å². The molecular formula is C15H26ClN3O. The first-order valence-electron chi connectivity index (χ1n) is 8.05. The van der Waals surface area contributed by atoms with Gasteiger partial charge < -0.3 is 10.2 Å². The van der Waals surface area contributed by atoms with Crippen LogP contribution >= 0.6 is 12.4 Å². The third-order valence-electron chi connectivity index (χ3n) is 5.93. The van der Waals surface area contributed by atoms with Crippen molar-refractivity contribution in [2.24, 2.45) is 17.8 Å². The van der Waals surface area contributed by atoms with E-state index in [1.807, 2.05) is 0 Å². The van der Waals surface area contributed by atoms with Crippen LogP contribution in [0.3, 0.4) is 0 Å². The predicted molar refractivity (Wildman–Crippen MR) is 81.0 cm³/mol. The van der Waals surface area contributed by atoms with Crippen LogP contribution in [0, 0.1) is 17.8 Å². The van der Waals surface area contributed by atoms with Crippen LogP contribution in [0.25, 0.3) is 0 Å². The van der Waals surface area contributed by atoms with Gasteiger partial charge in [-0.15, -0.1) is 12.4 Å². The van der Waals surface area contributed by atoms with Crippen LogP contribution in [0.2, 0.25) is 0 Å². The predicted octanol–water partition coefficient (Wildman–Crippen LogP) is 0.960. The van der Waals surface area contributed by atoms with Gasteiger partial charge in [-0.05, 0) is 31.1 Å². The van der Waals surface area contributed by atoms with E-state index in [-0.39, 0.29) is 18.3 Å². The van der Waals surface area contributed by atoms with E-state index in [9.17, 15) is 4.79 Å². The lowest BCUT2D eigenvalue weighted by molar-refractivity contribution is -0.139. The summed E-state index contributed by atoms with van der Waals surface area (Å²) in [6.07, 6.45) is 5.86. The van der Waals surface area contributed by atoms with Crippen LogP contribution in [0.1, 0.15) is 25.7 Å². The fraction of sp³-hybridized carbons (Fsp3) is 0.933. The smallest absolute Gasteiger partial charge is 0.228 e. The van der Waals surface area contributed by atoms with Crippen LogP contribution in [-0.4, -0.2) is 61.0 Å². The number of rotatable bonds is 2. The number of carbonyl (C=O) groups excluding carboxylic acids is 1. The molecule has 114 valence electrons. The molecule has 0 aromatic rings. The number of amides is 1. The van der Waals surface area contributed by atoms with Gasteiger partial charge in [0.25, 0.3) is 0 Å². The molecule has 20 heavy (non-hydrogen) atoms. The van der Waals surface area contributed by atoms with E-state index in [0.717, 1.165) is 57.1 Å². The maximum absolute atomic E-state index is 12.2. The second-order valence-electron chi connectivity index (χ2n) is 6.96. The minimum Gasteiger partial charge on any atom is -0.340 e. The number of carbonyl (C=O) groups is 1. The molecule has 2 saturated carbocycles. The Bertz CT molecular complexity index is 366. The second-order valence-corrected chi connectivity index (χ2v) is 6.96. The zero-order chi connectivity index (χ0) is 12.8. The maximum atomic E-state index is 12.2. The van der Waals surface area contributed by atoms with E-state index in [4.69, 9.17) is 0 Å². The molecule has 3 unspecified atom stereocenters. The molecule has 0 radical (unpaired) electrons. The fourth-order valence-electron chi connectivity index (χ4n) is 4.65. The maximum Gasteiger partial charge on any atom is 0.228 e. The highest BCUT2D eigenvalue weighted by molar-refractivity contribution is 5.85. The summed E-state index contributed by atoms with van der Waals surface area (Å²) >= 11 is 0. The number of fused-ring (bicyclic) bond motifs is 2. The van der Waals surface area contributed by atoms with Crippen molar-refractivity contribution in [1.29, 1.82) is 0 Å². The summed E-state index contributed by atoms with van der Waals surface area (Å²) in [5.74, 6) is 2.67. The highest BCUT2D eigenvalue weighted by atomic mass is 35.5. The Morgan fingerprint density at radius 3 is 2.25 bits per heavy atom. The van der Waals surface area contributed by atoms with E-state index in [2.05, 4.69) is 15.1 Å². The van der Waals surface area contributed by atoms with E-state index in [1.54, 1.807) is 0 Å². The number of nitrogens with one attached hydrogen (secondary N) is 1. The monoisotopic (exact) mass is 299 g/mol. The van der Waals surface area contributed by atoms with Gasteiger partial charge >= 0.3 is 0 Å². The van der Waals surface area contributed by atoms with Gasteiger partial charge in [0.2, 0.25) is 5.91 Å². The Balaban J connectivity index is 0.00000121. The quantitative estimate of drug-likeness (QED) is 0.825. The number of hydrogen-bond donors (Lipinski definition) is 1. The average Bonchev–Trinajstić information content (AvgIpc) is 2.99. The minimum atomic E-state index is 0. The first kappa shape index (κ1) is 14.6. The second kappa shape index (κ2) is 5.82. The Morgan fingerprint density at radius 1 is 1.00 bits per heavy atom. The summed E-state index contributed by atoms with van der Waals surface area (Å²) < 4.78 is 0.